The normalized spacial score (nSPS) is 19.0. The lowest BCUT2D eigenvalue weighted by molar-refractivity contribution is 0.0131. The first kappa shape index (κ1) is 20.7. The Kier molecular flexibility index (Phi) is 6.65. The summed E-state index contributed by atoms with van der Waals surface area (Å²) in [6.07, 6.45) is 2.59. The predicted molar refractivity (Wildman–Crippen MR) is 108 cm³/mol. The molecule has 2 N–H and O–H groups in total. The topological polar surface area (TPSA) is 55.6 Å². The number of nitrogens with zero attached hydrogens (tertiary/aromatic N) is 1. The molecule has 26 heavy (non-hydrogen) atoms. The molecule has 0 saturated carbocycles. The van der Waals surface area contributed by atoms with E-state index in [9.17, 15) is 4.79 Å². The largest absolute Gasteiger partial charge is 0.444 e. The van der Waals surface area contributed by atoms with E-state index < -0.39 is 5.60 Å². The molecule has 1 atom stereocenters. The predicted octanol–water partition coefficient (Wildman–Crippen LogP) is 4.82. The molecular weight excluding hydrogens is 344 g/mol. The summed E-state index contributed by atoms with van der Waals surface area (Å²) in [5, 5.41) is 5.52. The summed E-state index contributed by atoms with van der Waals surface area (Å²) in [5.41, 5.74) is 0.370. The average Bonchev–Trinajstić information content (AvgIpc) is 2.85. The molecule has 1 amide bonds. The molecule has 1 aromatic rings. The highest BCUT2D eigenvalue weighted by Gasteiger charge is 2.42. The first-order valence-corrected chi connectivity index (χ1v) is 9.95. The van der Waals surface area contributed by atoms with Crippen molar-refractivity contribution in [2.45, 2.75) is 69.9 Å². The van der Waals surface area contributed by atoms with Gasteiger partial charge in [-0.05, 0) is 89.6 Å². The van der Waals surface area contributed by atoms with E-state index in [1.165, 1.54) is 11.9 Å². The van der Waals surface area contributed by atoms with Gasteiger partial charge in [-0.2, -0.15) is 0 Å². The van der Waals surface area contributed by atoms with Gasteiger partial charge in [-0.15, -0.1) is 0 Å². The van der Waals surface area contributed by atoms with Crippen molar-refractivity contribution in [3.63, 3.8) is 0 Å². The molecule has 142 valence electrons. The third-order valence-electron chi connectivity index (χ3n) is 4.47. The van der Waals surface area contributed by atoms with E-state index in [1.54, 1.807) is 0 Å². The zero-order valence-corrected chi connectivity index (χ0v) is 17.3. The van der Waals surface area contributed by atoms with Crippen LogP contribution in [0.4, 0.5) is 4.79 Å². The molecule has 2 rings (SSSR count). The van der Waals surface area contributed by atoms with Crippen molar-refractivity contribution >= 4 is 18.0 Å². The third-order valence-corrected chi connectivity index (χ3v) is 5.02. The Labute approximate surface area is 162 Å². The van der Waals surface area contributed by atoms with Crippen LogP contribution in [0, 0.1) is 17.8 Å². The van der Waals surface area contributed by atoms with Crippen LogP contribution in [0.3, 0.4) is 0 Å². The molecule has 1 aliphatic rings. The van der Waals surface area contributed by atoms with Gasteiger partial charge in [0, 0.05) is 29.0 Å². The minimum absolute atomic E-state index is 0.170. The summed E-state index contributed by atoms with van der Waals surface area (Å²) < 4.78 is 5.56. The van der Waals surface area contributed by atoms with Crippen LogP contribution in [0.15, 0.2) is 29.2 Å². The van der Waals surface area contributed by atoms with Crippen molar-refractivity contribution in [3.8, 4) is 11.8 Å². The fourth-order valence-electron chi connectivity index (χ4n) is 3.28. The fourth-order valence-corrected chi connectivity index (χ4v) is 3.57. The highest BCUT2D eigenvalue weighted by atomic mass is 32.2. The lowest BCUT2D eigenvalue weighted by atomic mass is 9.93. The van der Waals surface area contributed by atoms with Crippen LogP contribution in [-0.4, -0.2) is 28.7 Å². The van der Waals surface area contributed by atoms with Gasteiger partial charge in [0.15, 0.2) is 0 Å². The Bertz CT molecular complexity index is 681. The lowest BCUT2D eigenvalue weighted by Crippen LogP contribution is -2.45. The molecule has 0 spiro atoms. The minimum atomic E-state index is -0.464. The number of carbonyl (C=O) groups is 1. The van der Waals surface area contributed by atoms with Crippen molar-refractivity contribution < 1.29 is 9.53 Å². The Morgan fingerprint density at radius 1 is 1.35 bits per heavy atom. The second-order valence-corrected chi connectivity index (χ2v) is 9.16. The van der Waals surface area contributed by atoms with Crippen molar-refractivity contribution in [3.05, 3.63) is 29.8 Å². The van der Waals surface area contributed by atoms with Crippen molar-refractivity contribution in [1.82, 2.24) is 4.90 Å². The first-order chi connectivity index (χ1) is 12.1. The van der Waals surface area contributed by atoms with Crippen LogP contribution in [0.5, 0.6) is 0 Å². The van der Waals surface area contributed by atoms with Gasteiger partial charge in [0.05, 0.1) is 0 Å². The van der Waals surface area contributed by atoms with Gasteiger partial charge in [-0.1, -0.05) is 11.8 Å². The average molecular weight is 375 g/mol. The van der Waals surface area contributed by atoms with Gasteiger partial charge in [0.2, 0.25) is 0 Å². The van der Waals surface area contributed by atoms with Gasteiger partial charge in [-0.25, -0.2) is 4.79 Å². The number of ether oxygens (including phenoxy) is 1. The van der Waals surface area contributed by atoms with Crippen molar-refractivity contribution in [2.24, 2.45) is 11.1 Å². The van der Waals surface area contributed by atoms with E-state index in [0.717, 1.165) is 36.3 Å². The number of benzene rings is 1. The maximum atomic E-state index is 12.5. The molecule has 1 heterocycles. The van der Waals surface area contributed by atoms with E-state index in [2.05, 4.69) is 25.7 Å². The fraction of sp³-hybridized carbons (Fsp3) is 0.571. The molecule has 5 heteroatoms. The van der Waals surface area contributed by atoms with Gasteiger partial charge in [0.1, 0.15) is 5.60 Å². The van der Waals surface area contributed by atoms with E-state index >= 15 is 0 Å². The van der Waals surface area contributed by atoms with E-state index in [4.69, 9.17) is 9.88 Å². The number of likely N-dealkylation sites (tertiary alicyclic amines) is 1. The molecule has 1 fully saturated rings. The molecule has 1 aromatic carbocycles. The van der Waals surface area contributed by atoms with Crippen LogP contribution in [-0.2, 0) is 4.74 Å². The van der Waals surface area contributed by atoms with Gasteiger partial charge in [0.25, 0.3) is 0 Å². The van der Waals surface area contributed by atoms with Gasteiger partial charge < -0.3 is 9.64 Å². The second kappa shape index (κ2) is 8.37. The Morgan fingerprint density at radius 3 is 2.58 bits per heavy atom. The first-order valence-electron chi connectivity index (χ1n) is 9.07. The van der Waals surface area contributed by atoms with Crippen LogP contribution in [0.25, 0.3) is 0 Å². The van der Waals surface area contributed by atoms with Crippen LogP contribution in [0.2, 0.25) is 0 Å². The Morgan fingerprint density at radius 2 is 2.00 bits per heavy atom. The third kappa shape index (κ3) is 5.96. The molecule has 0 aromatic heterocycles. The zero-order chi connectivity index (χ0) is 19.4. The highest BCUT2D eigenvalue weighted by Crippen LogP contribution is 2.35. The minimum Gasteiger partial charge on any atom is -0.444 e. The summed E-state index contributed by atoms with van der Waals surface area (Å²) in [6, 6.07) is 7.94. The molecule has 1 unspecified atom stereocenters. The Hall–Kier alpha value is -1.64. The van der Waals surface area contributed by atoms with E-state index in [-0.39, 0.29) is 11.6 Å². The monoisotopic (exact) mass is 374 g/mol. The SMILES string of the molecule is CC(C)(C)OC(=O)N1CC(CCC#Cc2ccc(SN)cc2)CC1(C)C. The molecule has 4 nitrogen and oxygen atoms in total. The standard InChI is InChI=1S/C21H30N2O2S/c1-20(2,3)25-19(24)23-15-17(14-21(23,4)5)9-7-6-8-16-10-12-18(26-22)13-11-16/h10-13,17H,7,9,14-15,22H2,1-5H3. The van der Waals surface area contributed by atoms with Gasteiger partial charge >= 0.3 is 6.09 Å². The van der Waals surface area contributed by atoms with Crippen LogP contribution in [0.1, 0.15) is 59.4 Å². The van der Waals surface area contributed by atoms with Crippen LogP contribution >= 0.6 is 11.9 Å². The summed E-state index contributed by atoms with van der Waals surface area (Å²) in [5.74, 6) is 6.91. The molecule has 1 saturated heterocycles. The maximum Gasteiger partial charge on any atom is 0.410 e. The summed E-state index contributed by atoms with van der Waals surface area (Å²) >= 11 is 1.24. The number of carbonyl (C=O) groups excluding carboxylic acids is 1. The Balaban J connectivity index is 1.87. The highest BCUT2D eigenvalue weighted by molar-refractivity contribution is 7.97. The number of hydrogen-bond donors (Lipinski definition) is 1. The molecule has 0 bridgehead atoms. The smallest absolute Gasteiger partial charge is 0.410 e. The summed E-state index contributed by atoms with van der Waals surface area (Å²) in [7, 11) is 0. The summed E-state index contributed by atoms with van der Waals surface area (Å²) in [4.78, 5) is 15.4. The number of rotatable bonds is 3. The lowest BCUT2D eigenvalue weighted by Gasteiger charge is -2.33. The zero-order valence-electron chi connectivity index (χ0n) is 16.5. The molecule has 0 aliphatic carbocycles. The van der Waals surface area contributed by atoms with Crippen LogP contribution < -0.4 is 5.14 Å². The maximum absolute atomic E-state index is 12.5. The number of amides is 1. The number of hydrogen-bond acceptors (Lipinski definition) is 4. The number of nitrogens with two attached hydrogens (primary N) is 1. The quantitative estimate of drug-likeness (QED) is 0.609. The van der Waals surface area contributed by atoms with Crippen molar-refractivity contribution in [2.75, 3.05) is 6.54 Å². The second-order valence-electron chi connectivity index (χ2n) is 8.46. The molecular formula is C21H30N2O2S. The summed E-state index contributed by atoms with van der Waals surface area (Å²) in [6.45, 7) is 10.7. The van der Waals surface area contributed by atoms with E-state index in [0.29, 0.717) is 5.92 Å². The molecule has 0 radical (unpaired) electrons. The van der Waals surface area contributed by atoms with Gasteiger partial charge in [-0.3, -0.25) is 5.14 Å². The molecule has 1 aliphatic heterocycles. The van der Waals surface area contributed by atoms with Crippen molar-refractivity contribution in [1.29, 1.82) is 0 Å². The van der Waals surface area contributed by atoms with E-state index in [1.807, 2.05) is 49.9 Å².